The Bertz CT molecular complexity index is 2130. The Kier molecular flexibility index (Phi) is 50.5. The lowest BCUT2D eigenvalue weighted by Crippen LogP contribution is -2.70. The van der Waals surface area contributed by atoms with Crippen molar-refractivity contribution in [3.05, 3.63) is 36.5 Å². The zero-order valence-electron chi connectivity index (χ0n) is 60.8. The molecule has 18 unspecified atom stereocenters. The Balaban J connectivity index is 1.45. The van der Waals surface area contributed by atoms with Crippen molar-refractivity contribution in [1.82, 2.24) is 10.6 Å². The van der Waals surface area contributed by atoms with Gasteiger partial charge in [0.1, 0.15) is 67.1 Å². The van der Waals surface area contributed by atoms with Crippen LogP contribution >= 0.6 is 0 Å². The second kappa shape index (κ2) is 55.4. The van der Waals surface area contributed by atoms with E-state index in [0.29, 0.717) is 12.8 Å². The molecule has 0 saturated carbocycles. The fourth-order valence-electron chi connectivity index (χ4n) is 13.4. The number of carboxylic acids is 1. The van der Waals surface area contributed by atoms with Gasteiger partial charge in [-0.15, -0.1) is 0 Å². The van der Waals surface area contributed by atoms with Crippen LogP contribution in [-0.4, -0.2) is 215 Å². The number of aliphatic carboxylic acids is 1. The van der Waals surface area contributed by atoms with E-state index in [0.717, 1.165) is 58.3 Å². The smallest absolute Gasteiger partial charge is 0.364 e. The predicted molar refractivity (Wildman–Crippen MR) is 380 cm³/mol. The van der Waals surface area contributed by atoms with Crippen LogP contribution in [-0.2, 0) is 42.8 Å². The number of hydrogen-bond donors (Lipinski definition) is 14. The number of nitrogens with one attached hydrogen (secondary N) is 2. The van der Waals surface area contributed by atoms with Crippen molar-refractivity contribution in [2.24, 2.45) is 0 Å². The summed E-state index contributed by atoms with van der Waals surface area (Å²) in [4.78, 5) is 38.6. The minimum Gasteiger partial charge on any atom is -0.477 e. The van der Waals surface area contributed by atoms with Crippen LogP contribution in [0.1, 0.15) is 290 Å². The largest absolute Gasteiger partial charge is 0.477 e. The number of carbonyl (C=O) groups excluding carboxylic acids is 2. The summed E-state index contributed by atoms with van der Waals surface area (Å²) >= 11 is 0. The molecule has 3 aliphatic heterocycles. The minimum absolute atomic E-state index is 0.201. The number of allylic oxidation sites excluding steroid dienone is 5. The number of amides is 2. The van der Waals surface area contributed by atoms with Gasteiger partial charge in [0.25, 0.3) is 5.79 Å². The highest BCUT2D eigenvalue weighted by Gasteiger charge is 2.60. The van der Waals surface area contributed by atoms with Crippen LogP contribution < -0.4 is 10.6 Å². The Morgan fingerprint density at radius 3 is 1.42 bits per heavy atom. The maximum atomic E-state index is 13.5. The molecule has 578 valence electrons. The van der Waals surface area contributed by atoms with Crippen molar-refractivity contribution in [2.45, 2.75) is 400 Å². The second-order valence-corrected chi connectivity index (χ2v) is 28.2. The standard InChI is InChI=1S/C76H138N2O21/c1-4-6-8-10-12-14-16-18-19-20-21-22-23-24-25-26-27-28-29-30-31-32-33-34-35-36-37-38-40-42-44-46-48-50-63(86)78-57(58(83)49-47-45-43-41-39-17-15-13-11-9-7-5-2)55-94-73-68(90)67(89)70(62(54-81)96-73)97-74-69(91)72(66(88)61(53-80)95-74)99-76(75(92)93)51-59(84)64(77-56(3)82)71(98-76)65(87)60(85)52-79/h21-22,24-25,47,49,57-62,64-74,79-81,83-85,87-91H,4-20,23,26-46,48,50-55H2,1-3H3,(H,77,82)(H,78,86)(H,92,93)/b22-21-,25-24-,49-47+. The van der Waals surface area contributed by atoms with Gasteiger partial charge in [0, 0.05) is 19.8 Å². The van der Waals surface area contributed by atoms with Crippen LogP contribution in [0.4, 0.5) is 0 Å². The molecule has 0 aromatic carbocycles. The number of ether oxygens (including phenoxy) is 6. The normalized spacial score (nSPS) is 27.3. The molecule has 0 aromatic heterocycles. The van der Waals surface area contributed by atoms with Gasteiger partial charge < -0.3 is 100 Å². The maximum absolute atomic E-state index is 13.5. The van der Waals surface area contributed by atoms with E-state index in [1.165, 1.54) is 193 Å². The third kappa shape index (κ3) is 36.5. The zero-order chi connectivity index (χ0) is 72.5. The van der Waals surface area contributed by atoms with Gasteiger partial charge in [0.15, 0.2) is 12.6 Å². The Labute approximate surface area is 593 Å². The molecule has 3 fully saturated rings. The topological polar surface area (TPSA) is 373 Å². The molecule has 0 radical (unpaired) electrons. The monoisotopic (exact) mass is 1410 g/mol. The molecule has 3 aliphatic rings. The molecule has 14 N–H and O–H groups in total. The van der Waals surface area contributed by atoms with Crippen molar-refractivity contribution in [3.63, 3.8) is 0 Å². The van der Waals surface area contributed by atoms with Crippen molar-refractivity contribution in [2.75, 3.05) is 26.4 Å². The second-order valence-electron chi connectivity index (χ2n) is 28.2. The number of aliphatic hydroxyl groups excluding tert-OH is 11. The van der Waals surface area contributed by atoms with Gasteiger partial charge in [-0.3, -0.25) is 9.59 Å². The summed E-state index contributed by atoms with van der Waals surface area (Å²) in [6.45, 7) is 2.13. The van der Waals surface area contributed by atoms with Crippen LogP contribution in [0, 0.1) is 0 Å². The Morgan fingerprint density at radius 2 is 0.980 bits per heavy atom. The number of carbonyl (C=O) groups is 3. The van der Waals surface area contributed by atoms with Crippen LogP contribution in [0.3, 0.4) is 0 Å². The number of carboxylic acid groups (broad SMARTS) is 1. The molecule has 0 aliphatic carbocycles. The van der Waals surface area contributed by atoms with E-state index in [9.17, 15) is 75.7 Å². The summed E-state index contributed by atoms with van der Waals surface area (Å²) < 4.78 is 34.8. The first-order chi connectivity index (χ1) is 47.9. The van der Waals surface area contributed by atoms with Gasteiger partial charge in [-0.05, 0) is 51.4 Å². The lowest BCUT2D eigenvalue weighted by molar-refractivity contribution is -0.386. The number of hydrogen-bond acceptors (Lipinski definition) is 20. The predicted octanol–water partition coefficient (Wildman–Crippen LogP) is 9.35. The molecule has 0 spiro atoms. The van der Waals surface area contributed by atoms with Gasteiger partial charge in [-0.25, -0.2) is 4.79 Å². The fraction of sp³-hybridized carbons (Fsp3) is 0.882. The number of aliphatic hydroxyl groups is 11. The van der Waals surface area contributed by atoms with Crippen LogP contribution in [0.5, 0.6) is 0 Å². The maximum Gasteiger partial charge on any atom is 0.364 e. The average Bonchev–Trinajstić information content (AvgIpc) is 0.756. The Hall–Kier alpha value is -3.05. The van der Waals surface area contributed by atoms with Gasteiger partial charge in [0.2, 0.25) is 11.8 Å². The first-order valence-corrected chi connectivity index (χ1v) is 38.9. The number of rotatable bonds is 60. The average molecular weight is 1420 g/mol. The first-order valence-electron chi connectivity index (χ1n) is 38.9. The molecular weight excluding hydrogens is 1280 g/mol. The highest BCUT2D eigenvalue weighted by Crippen LogP contribution is 2.39. The lowest BCUT2D eigenvalue weighted by Gasteiger charge is -2.50. The molecule has 3 saturated heterocycles. The molecule has 23 heteroatoms. The van der Waals surface area contributed by atoms with E-state index in [4.69, 9.17) is 28.4 Å². The lowest BCUT2D eigenvalue weighted by atomic mass is 9.88. The molecule has 23 nitrogen and oxygen atoms in total. The summed E-state index contributed by atoms with van der Waals surface area (Å²) in [5, 5.41) is 136. The van der Waals surface area contributed by atoms with E-state index in [1.54, 1.807) is 6.08 Å². The quantitative estimate of drug-likeness (QED) is 0.0199. The van der Waals surface area contributed by atoms with Crippen LogP contribution in [0.15, 0.2) is 36.5 Å². The molecule has 3 rings (SSSR count). The summed E-state index contributed by atoms with van der Waals surface area (Å²) in [6.07, 6.45) is 32.2. The molecule has 2 amide bonds. The number of unbranched alkanes of at least 4 members (excludes halogenated alkanes) is 36. The van der Waals surface area contributed by atoms with Crippen LogP contribution in [0.25, 0.3) is 0 Å². The highest BCUT2D eigenvalue weighted by atomic mass is 16.8. The van der Waals surface area contributed by atoms with Crippen molar-refractivity contribution in [1.29, 1.82) is 0 Å². The first kappa shape index (κ1) is 90.2. The summed E-state index contributed by atoms with van der Waals surface area (Å²) in [5.74, 6) is -6.14. The van der Waals surface area contributed by atoms with Crippen molar-refractivity contribution >= 4 is 17.8 Å². The van der Waals surface area contributed by atoms with Gasteiger partial charge >= 0.3 is 5.97 Å². The summed E-state index contributed by atoms with van der Waals surface area (Å²) in [7, 11) is 0. The Morgan fingerprint density at radius 1 is 0.535 bits per heavy atom. The summed E-state index contributed by atoms with van der Waals surface area (Å²) in [5.41, 5.74) is 0. The minimum atomic E-state index is -3.08. The van der Waals surface area contributed by atoms with Crippen molar-refractivity contribution in [3.8, 4) is 0 Å². The molecule has 99 heavy (non-hydrogen) atoms. The van der Waals surface area contributed by atoms with E-state index < -0.39 is 155 Å². The highest BCUT2D eigenvalue weighted by molar-refractivity contribution is 5.77. The molecular formula is C76H138N2O21. The third-order valence-electron chi connectivity index (χ3n) is 19.6. The van der Waals surface area contributed by atoms with Gasteiger partial charge in [-0.2, -0.15) is 0 Å². The van der Waals surface area contributed by atoms with Crippen molar-refractivity contribution < 1.29 is 104 Å². The fourth-order valence-corrected chi connectivity index (χ4v) is 13.4. The zero-order valence-corrected chi connectivity index (χ0v) is 60.8. The summed E-state index contributed by atoms with van der Waals surface area (Å²) in [6, 6.07) is -2.62. The van der Waals surface area contributed by atoms with E-state index in [-0.39, 0.29) is 12.3 Å². The molecule has 0 aromatic rings. The SMILES string of the molecule is CCCCCCCCCCC/C=C\C/C=C\CCCCCCCCCCCCCCCCCCCC(=O)NC(COC1OC(CO)C(OC2OC(CO)C(O)C(OC3(C(=O)O)CC(O)C(NC(C)=O)C(C(O)C(O)CO)O3)C2O)C(O)C1O)C(O)/C=C/CCCCCCCCCCCC. The molecule has 0 bridgehead atoms. The van der Waals surface area contributed by atoms with E-state index in [2.05, 4.69) is 48.8 Å². The molecule has 18 atom stereocenters. The molecule has 3 heterocycles. The van der Waals surface area contributed by atoms with Crippen LogP contribution in [0.2, 0.25) is 0 Å². The van der Waals surface area contributed by atoms with E-state index >= 15 is 0 Å². The third-order valence-corrected chi connectivity index (χ3v) is 19.6. The van der Waals surface area contributed by atoms with Gasteiger partial charge in [-0.1, -0.05) is 256 Å². The van der Waals surface area contributed by atoms with E-state index in [1.807, 2.05) is 6.08 Å². The van der Waals surface area contributed by atoms with Gasteiger partial charge in [0.05, 0.1) is 50.7 Å².